The van der Waals surface area contributed by atoms with E-state index in [1.165, 1.54) is 6.07 Å². The average Bonchev–Trinajstić information content (AvgIpc) is 3.12. The number of alkyl halides is 3. The van der Waals surface area contributed by atoms with Gasteiger partial charge in [-0.05, 0) is 78.3 Å². The summed E-state index contributed by atoms with van der Waals surface area (Å²) in [5.41, 5.74) is 1.93. The van der Waals surface area contributed by atoms with Crippen LogP contribution in [0.5, 0.6) is 5.75 Å². The Kier molecular flexibility index (Phi) is 8.53. The number of carbonyl (C=O) groups excluding carboxylic acids is 1. The van der Waals surface area contributed by atoms with Crippen LogP contribution in [0.2, 0.25) is 0 Å². The number of hydrogen-bond donors (Lipinski definition) is 2. The van der Waals surface area contributed by atoms with Gasteiger partial charge in [-0.15, -0.1) is 11.3 Å². The molecule has 0 bridgehead atoms. The van der Waals surface area contributed by atoms with Gasteiger partial charge >= 0.3 is 12.1 Å². The van der Waals surface area contributed by atoms with E-state index >= 15 is 0 Å². The molecule has 1 amide bonds. The molecule has 1 heterocycles. The van der Waals surface area contributed by atoms with Crippen LogP contribution in [0.1, 0.15) is 51.0 Å². The predicted octanol–water partition coefficient (Wildman–Crippen LogP) is 5.64. The molecule has 2 rings (SSSR count). The lowest BCUT2D eigenvalue weighted by atomic mass is 10.1. The number of nitrogens with one attached hydrogen (secondary N) is 1. The maximum Gasteiger partial charge on any atom is 0.389 e. The van der Waals surface area contributed by atoms with E-state index in [-0.39, 0.29) is 24.3 Å². The minimum absolute atomic E-state index is 0.0311. The van der Waals surface area contributed by atoms with Crippen molar-refractivity contribution in [2.24, 2.45) is 0 Å². The van der Waals surface area contributed by atoms with Crippen LogP contribution in [0.15, 0.2) is 24.3 Å². The average molecular weight is 555 g/mol. The highest BCUT2D eigenvalue weighted by Crippen LogP contribution is 2.35. The molecule has 1 unspecified atom stereocenters. The topological polar surface area (TPSA) is 75.6 Å². The fraction of sp³-hybridized carbons (Fsp3) is 0.400. The Morgan fingerprint density at radius 1 is 1.23 bits per heavy atom. The molecule has 0 spiro atoms. The van der Waals surface area contributed by atoms with E-state index in [1.807, 2.05) is 13.8 Å². The van der Waals surface area contributed by atoms with Crippen molar-refractivity contribution in [3.8, 4) is 5.75 Å². The molecule has 5 nitrogen and oxygen atoms in total. The summed E-state index contributed by atoms with van der Waals surface area (Å²) in [6.45, 7) is 3.77. The molecule has 0 radical (unpaired) electrons. The van der Waals surface area contributed by atoms with E-state index in [4.69, 9.17) is 9.84 Å². The molecule has 30 heavy (non-hydrogen) atoms. The molecule has 0 fully saturated rings. The molecule has 0 saturated carbocycles. The Balaban J connectivity index is 2.20. The highest BCUT2D eigenvalue weighted by Gasteiger charge is 2.30. The molecule has 0 aliphatic rings. The number of hydrogen-bond acceptors (Lipinski definition) is 4. The van der Waals surface area contributed by atoms with Crippen LogP contribution < -0.4 is 10.1 Å². The second-order valence-corrected chi connectivity index (χ2v) is 8.93. The third-order valence-corrected chi connectivity index (χ3v) is 7.05. The highest BCUT2D eigenvalue weighted by molar-refractivity contribution is 14.1. The van der Waals surface area contributed by atoms with Crippen molar-refractivity contribution in [3.63, 3.8) is 0 Å². The maximum atomic E-state index is 12.8. The Bertz CT molecular complexity index is 891. The minimum Gasteiger partial charge on any atom is -0.485 e. The van der Waals surface area contributed by atoms with Crippen molar-refractivity contribution < 1.29 is 32.6 Å². The first-order valence-electron chi connectivity index (χ1n) is 9.06. The second kappa shape index (κ2) is 10.5. The lowest BCUT2D eigenvalue weighted by Crippen LogP contribution is -2.25. The molecule has 1 aromatic carbocycles. The molecule has 1 atom stereocenters. The van der Waals surface area contributed by atoms with Gasteiger partial charge < -0.3 is 15.2 Å². The lowest BCUT2D eigenvalue weighted by Gasteiger charge is -2.20. The molecule has 10 heteroatoms. The van der Waals surface area contributed by atoms with Crippen LogP contribution in [-0.4, -0.2) is 29.7 Å². The summed E-state index contributed by atoms with van der Waals surface area (Å²) in [6.07, 6.45) is -6.71. The molecule has 0 saturated heterocycles. The summed E-state index contributed by atoms with van der Waals surface area (Å²) in [5, 5.41) is 11.1. The summed E-state index contributed by atoms with van der Waals surface area (Å²) in [7, 11) is 0. The Morgan fingerprint density at radius 2 is 1.87 bits per heavy atom. The first kappa shape index (κ1) is 24.4. The lowest BCUT2D eigenvalue weighted by molar-refractivity contribution is -0.139. The number of carbonyl (C=O) groups is 2. The van der Waals surface area contributed by atoms with Crippen molar-refractivity contribution in [1.82, 2.24) is 5.32 Å². The van der Waals surface area contributed by atoms with Crippen molar-refractivity contribution >= 4 is 45.8 Å². The first-order valence-corrected chi connectivity index (χ1v) is 11.0. The number of carboxylic acids is 1. The molecule has 2 aromatic rings. The van der Waals surface area contributed by atoms with Crippen LogP contribution in [0.25, 0.3) is 0 Å². The normalized spacial score (nSPS) is 12.5. The van der Waals surface area contributed by atoms with Crippen molar-refractivity contribution in [2.45, 2.75) is 45.4 Å². The summed E-state index contributed by atoms with van der Waals surface area (Å²) in [5.74, 6) is -1.03. The van der Waals surface area contributed by atoms with Gasteiger partial charge in [0.1, 0.15) is 11.9 Å². The van der Waals surface area contributed by atoms with E-state index in [9.17, 15) is 22.8 Å². The fourth-order valence-electron chi connectivity index (χ4n) is 2.71. The third-order valence-electron chi connectivity index (χ3n) is 4.17. The van der Waals surface area contributed by atoms with Crippen LogP contribution in [-0.2, 0) is 4.79 Å². The van der Waals surface area contributed by atoms with Gasteiger partial charge in [0, 0.05) is 21.4 Å². The standard InChI is InChI=1S/C20H21F3INO4S/c1-11-9-13(10-12(2)18(11)24)29-14(5-7-20(21,22)23)15-3-4-16(30-15)19(28)25-8-6-17(26)27/h3-4,9-10,14H,5-8H2,1-2H3,(H,25,28)(H,26,27). The number of ether oxygens (including phenoxy) is 1. The molecule has 0 aliphatic carbocycles. The third kappa shape index (κ3) is 7.46. The number of rotatable bonds is 9. The number of amides is 1. The summed E-state index contributed by atoms with van der Waals surface area (Å²) >= 11 is 3.24. The number of benzene rings is 1. The molecule has 0 aliphatic heterocycles. The van der Waals surface area contributed by atoms with Crippen molar-refractivity contribution in [1.29, 1.82) is 0 Å². The predicted molar refractivity (Wildman–Crippen MR) is 116 cm³/mol. The maximum absolute atomic E-state index is 12.8. The van der Waals surface area contributed by atoms with Gasteiger partial charge in [-0.2, -0.15) is 13.2 Å². The smallest absolute Gasteiger partial charge is 0.389 e. The van der Waals surface area contributed by atoms with E-state index in [2.05, 4.69) is 27.9 Å². The Labute approximate surface area is 189 Å². The number of carboxylic acid groups (broad SMARTS) is 1. The van der Waals surface area contributed by atoms with Crippen LogP contribution in [0, 0.1) is 17.4 Å². The second-order valence-electron chi connectivity index (χ2n) is 6.73. The summed E-state index contributed by atoms with van der Waals surface area (Å²) in [4.78, 5) is 23.5. The van der Waals surface area contributed by atoms with Crippen molar-refractivity contribution in [2.75, 3.05) is 6.54 Å². The molecule has 2 N–H and O–H groups in total. The zero-order valence-corrected chi connectivity index (χ0v) is 19.3. The van der Waals surface area contributed by atoms with E-state index < -0.39 is 30.6 Å². The van der Waals surface area contributed by atoms with Gasteiger partial charge in [-0.1, -0.05) is 0 Å². The molecular weight excluding hydrogens is 534 g/mol. The number of aryl methyl sites for hydroxylation is 2. The van der Waals surface area contributed by atoms with Gasteiger partial charge in [0.25, 0.3) is 5.91 Å². The van der Waals surface area contributed by atoms with E-state index in [0.717, 1.165) is 26.0 Å². The van der Waals surface area contributed by atoms with Crippen molar-refractivity contribution in [3.05, 3.63) is 48.7 Å². The van der Waals surface area contributed by atoms with Gasteiger partial charge in [-0.25, -0.2) is 0 Å². The Hall–Kier alpha value is -1.82. The molecule has 1 aromatic heterocycles. The van der Waals surface area contributed by atoms with Gasteiger partial charge in [0.2, 0.25) is 0 Å². The van der Waals surface area contributed by atoms with E-state index in [0.29, 0.717) is 10.6 Å². The summed E-state index contributed by atoms with van der Waals surface area (Å²) < 4.78 is 45.4. The zero-order valence-electron chi connectivity index (χ0n) is 16.3. The Morgan fingerprint density at radius 3 is 2.43 bits per heavy atom. The largest absolute Gasteiger partial charge is 0.485 e. The molecular formula is C20H21F3INO4S. The van der Waals surface area contributed by atoms with Gasteiger partial charge in [0.15, 0.2) is 0 Å². The number of halogens is 4. The zero-order chi connectivity index (χ0) is 22.5. The number of thiophene rings is 1. The number of aliphatic carboxylic acids is 1. The first-order chi connectivity index (χ1) is 14.0. The van der Waals surface area contributed by atoms with E-state index in [1.54, 1.807) is 18.2 Å². The quantitative estimate of drug-likeness (QED) is 0.393. The monoisotopic (exact) mass is 555 g/mol. The van der Waals surface area contributed by atoms with Gasteiger partial charge in [-0.3, -0.25) is 9.59 Å². The van der Waals surface area contributed by atoms with Gasteiger partial charge in [0.05, 0.1) is 11.3 Å². The minimum atomic E-state index is -4.33. The summed E-state index contributed by atoms with van der Waals surface area (Å²) in [6, 6.07) is 6.64. The van der Waals surface area contributed by atoms with Crippen LogP contribution >= 0.6 is 33.9 Å². The van der Waals surface area contributed by atoms with Crippen LogP contribution in [0.4, 0.5) is 13.2 Å². The highest BCUT2D eigenvalue weighted by atomic mass is 127. The fourth-order valence-corrected chi connectivity index (χ4v) is 4.01. The molecule has 164 valence electrons. The van der Waals surface area contributed by atoms with Crippen LogP contribution in [0.3, 0.4) is 0 Å². The SMILES string of the molecule is Cc1cc(OC(CCC(F)(F)F)c2ccc(C(=O)NCCC(=O)O)s2)cc(C)c1I.